The summed E-state index contributed by atoms with van der Waals surface area (Å²) in [6.07, 6.45) is 2.59. The first-order chi connectivity index (χ1) is 7.77. The van der Waals surface area contributed by atoms with Crippen molar-refractivity contribution in [3.8, 4) is 0 Å². The van der Waals surface area contributed by atoms with Gasteiger partial charge in [0.05, 0.1) is 5.52 Å². The summed E-state index contributed by atoms with van der Waals surface area (Å²) in [6.45, 7) is 0. The van der Waals surface area contributed by atoms with Crippen LogP contribution in [0.5, 0.6) is 0 Å². The van der Waals surface area contributed by atoms with Gasteiger partial charge in [0.2, 0.25) is 0 Å². The van der Waals surface area contributed by atoms with Crippen LogP contribution in [0.15, 0.2) is 24.3 Å². The zero-order valence-corrected chi connectivity index (χ0v) is 10.8. The van der Waals surface area contributed by atoms with Gasteiger partial charge in [0, 0.05) is 15.4 Å². The molecule has 80 valence electrons. The summed E-state index contributed by atoms with van der Waals surface area (Å²) >= 11 is 2.34. The minimum atomic E-state index is 0.199. The number of rotatable bonds is 0. The normalized spacial score (nSPS) is 15.2. The Morgan fingerprint density at radius 2 is 2.00 bits per heavy atom. The topological polar surface area (TPSA) is 30.0 Å². The van der Waals surface area contributed by atoms with E-state index in [0.717, 1.165) is 29.3 Å². The molecule has 1 aromatic carbocycles. The Labute approximate surface area is 107 Å². The van der Waals surface area contributed by atoms with Crippen molar-refractivity contribution in [2.75, 3.05) is 0 Å². The molecule has 0 saturated heterocycles. The highest BCUT2D eigenvalue weighted by Gasteiger charge is 2.22. The van der Waals surface area contributed by atoms with E-state index < -0.39 is 0 Å². The van der Waals surface area contributed by atoms with Crippen LogP contribution < -0.4 is 0 Å². The van der Waals surface area contributed by atoms with Crippen LogP contribution in [0.25, 0.3) is 10.9 Å². The van der Waals surface area contributed by atoms with Crippen LogP contribution in [-0.4, -0.2) is 10.8 Å². The average Bonchev–Trinajstić information content (AvgIpc) is 2.31. The first kappa shape index (κ1) is 10.2. The molecule has 0 aliphatic heterocycles. The highest BCUT2D eigenvalue weighted by atomic mass is 127. The molecule has 0 spiro atoms. The smallest absolute Gasteiger partial charge is 0.181 e. The van der Waals surface area contributed by atoms with Crippen LogP contribution in [0.4, 0.5) is 0 Å². The second kappa shape index (κ2) is 3.80. The molecule has 0 unspecified atom stereocenters. The summed E-state index contributed by atoms with van der Waals surface area (Å²) in [4.78, 5) is 16.3. The zero-order chi connectivity index (χ0) is 11.1. The molecule has 0 N–H and O–H groups in total. The fourth-order valence-electron chi connectivity index (χ4n) is 2.21. The molecule has 2 nitrogen and oxygen atoms in total. The monoisotopic (exact) mass is 323 g/mol. The Kier molecular flexibility index (Phi) is 2.42. The van der Waals surface area contributed by atoms with Crippen molar-refractivity contribution < 1.29 is 4.79 Å². The third-order valence-corrected chi connectivity index (χ3v) is 4.25. The Morgan fingerprint density at radius 3 is 2.88 bits per heavy atom. The molecule has 0 radical (unpaired) electrons. The van der Waals surface area contributed by atoms with E-state index in [1.54, 1.807) is 0 Å². The van der Waals surface area contributed by atoms with E-state index in [0.29, 0.717) is 12.1 Å². The summed E-state index contributed by atoms with van der Waals surface area (Å²) in [5.74, 6) is 0.199. The molecule has 1 aliphatic rings. The van der Waals surface area contributed by atoms with Gasteiger partial charge in [-0.1, -0.05) is 18.2 Å². The summed E-state index contributed by atoms with van der Waals surface area (Å²) in [6, 6.07) is 8.03. The predicted molar refractivity (Wildman–Crippen MR) is 71.7 cm³/mol. The van der Waals surface area contributed by atoms with E-state index in [4.69, 9.17) is 0 Å². The van der Waals surface area contributed by atoms with Crippen molar-refractivity contribution >= 4 is 39.3 Å². The lowest BCUT2D eigenvalue weighted by Crippen LogP contribution is -2.14. The van der Waals surface area contributed by atoms with Crippen molar-refractivity contribution in [3.63, 3.8) is 0 Å². The van der Waals surface area contributed by atoms with Crippen LogP contribution >= 0.6 is 22.6 Å². The maximum absolute atomic E-state index is 11.8. The molecule has 3 heteroatoms. The maximum atomic E-state index is 11.8. The number of Topliss-reactive ketones (excluding diaryl/α,β-unsaturated/α-hetero) is 1. The fraction of sp³-hybridized carbons (Fsp3) is 0.231. The van der Waals surface area contributed by atoms with Crippen molar-refractivity contribution in [1.82, 2.24) is 4.98 Å². The lowest BCUT2D eigenvalue weighted by atomic mass is 9.94. The van der Waals surface area contributed by atoms with Crippen molar-refractivity contribution in [2.24, 2.45) is 0 Å². The fourth-order valence-corrected chi connectivity index (χ4v) is 3.20. The SMILES string of the molecule is O=C1CCCc2c1nc1ccccc1c2I. The number of halogens is 1. The summed E-state index contributed by atoms with van der Waals surface area (Å²) in [5.41, 5.74) is 2.78. The molecule has 1 heterocycles. The van der Waals surface area contributed by atoms with E-state index in [2.05, 4.69) is 33.6 Å². The third kappa shape index (κ3) is 1.45. The zero-order valence-electron chi connectivity index (χ0n) is 8.66. The molecular formula is C13H10INO. The lowest BCUT2D eigenvalue weighted by Gasteiger charge is -2.16. The second-order valence-electron chi connectivity index (χ2n) is 4.05. The molecule has 0 saturated carbocycles. The van der Waals surface area contributed by atoms with Gasteiger partial charge in [0.15, 0.2) is 5.78 Å². The number of pyridine rings is 1. The number of fused-ring (bicyclic) bond motifs is 2. The number of carbonyl (C=O) groups is 1. The molecule has 16 heavy (non-hydrogen) atoms. The van der Waals surface area contributed by atoms with Crippen LogP contribution in [-0.2, 0) is 6.42 Å². The molecule has 2 aromatic rings. The highest BCUT2D eigenvalue weighted by molar-refractivity contribution is 14.1. The highest BCUT2D eigenvalue weighted by Crippen LogP contribution is 2.29. The molecule has 3 rings (SSSR count). The number of nitrogens with zero attached hydrogens (tertiary/aromatic N) is 1. The van der Waals surface area contributed by atoms with E-state index >= 15 is 0 Å². The molecule has 0 fully saturated rings. The van der Waals surface area contributed by atoms with E-state index in [9.17, 15) is 4.79 Å². The summed E-state index contributed by atoms with van der Waals surface area (Å²) in [5, 5.41) is 1.16. The van der Waals surface area contributed by atoms with Gasteiger partial charge in [-0.15, -0.1) is 0 Å². The standard InChI is InChI=1S/C13H10INO/c14-12-8-4-1-2-6-10(8)15-13-9(12)5-3-7-11(13)16/h1-2,4,6H,3,5,7H2. The van der Waals surface area contributed by atoms with E-state index in [1.165, 1.54) is 3.57 Å². The van der Waals surface area contributed by atoms with Gasteiger partial charge in [-0.3, -0.25) is 4.79 Å². The Morgan fingerprint density at radius 1 is 1.19 bits per heavy atom. The van der Waals surface area contributed by atoms with Gasteiger partial charge in [-0.2, -0.15) is 0 Å². The minimum Gasteiger partial charge on any atom is -0.292 e. The molecule has 0 atom stereocenters. The first-order valence-corrected chi connectivity index (χ1v) is 6.45. The average molecular weight is 323 g/mol. The van der Waals surface area contributed by atoms with Crippen LogP contribution in [0.2, 0.25) is 0 Å². The second-order valence-corrected chi connectivity index (χ2v) is 5.13. The lowest BCUT2D eigenvalue weighted by molar-refractivity contribution is 0.0967. The number of hydrogen-bond acceptors (Lipinski definition) is 2. The largest absolute Gasteiger partial charge is 0.292 e. The summed E-state index contributed by atoms with van der Waals surface area (Å²) < 4.78 is 1.20. The van der Waals surface area contributed by atoms with Gasteiger partial charge >= 0.3 is 0 Å². The molecule has 1 aromatic heterocycles. The van der Waals surface area contributed by atoms with Gasteiger partial charge in [-0.05, 0) is 47.1 Å². The van der Waals surface area contributed by atoms with Gasteiger partial charge in [0.1, 0.15) is 5.69 Å². The van der Waals surface area contributed by atoms with E-state index in [-0.39, 0.29) is 5.78 Å². The van der Waals surface area contributed by atoms with Gasteiger partial charge in [0.25, 0.3) is 0 Å². The van der Waals surface area contributed by atoms with Gasteiger partial charge < -0.3 is 0 Å². The summed E-state index contributed by atoms with van der Waals surface area (Å²) in [7, 11) is 0. The molecule has 0 amide bonds. The van der Waals surface area contributed by atoms with Crippen LogP contribution in [0, 0.1) is 3.57 Å². The third-order valence-electron chi connectivity index (χ3n) is 3.02. The van der Waals surface area contributed by atoms with Crippen LogP contribution in [0.3, 0.4) is 0 Å². The number of benzene rings is 1. The molecular weight excluding hydrogens is 313 g/mol. The van der Waals surface area contributed by atoms with E-state index in [1.807, 2.05) is 18.2 Å². The minimum absolute atomic E-state index is 0.199. The Balaban J connectivity index is 2.40. The van der Waals surface area contributed by atoms with Crippen LogP contribution in [0.1, 0.15) is 28.9 Å². The van der Waals surface area contributed by atoms with Crippen molar-refractivity contribution in [1.29, 1.82) is 0 Å². The van der Waals surface area contributed by atoms with Crippen molar-refractivity contribution in [2.45, 2.75) is 19.3 Å². The molecule has 1 aliphatic carbocycles. The number of aromatic nitrogens is 1. The first-order valence-electron chi connectivity index (χ1n) is 5.37. The number of hydrogen-bond donors (Lipinski definition) is 0. The van der Waals surface area contributed by atoms with Crippen molar-refractivity contribution in [3.05, 3.63) is 39.1 Å². The maximum Gasteiger partial charge on any atom is 0.181 e. The molecule has 0 bridgehead atoms. The Bertz CT molecular complexity index is 592. The number of carbonyl (C=O) groups excluding carboxylic acids is 1. The van der Waals surface area contributed by atoms with Gasteiger partial charge in [-0.25, -0.2) is 4.98 Å². The predicted octanol–water partition coefficient (Wildman–Crippen LogP) is 3.36. The Hall–Kier alpha value is -0.970. The quantitative estimate of drug-likeness (QED) is 0.696. The number of ketones is 1. The number of para-hydroxylation sites is 1.